The highest BCUT2D eigenvalue weighted by atomic mass is 19.1. The molecule has 4 nitrogen and oxygen atoms in total. The molecule has 3 aromatic rings. The predicted octanol–water partition coefficient (Wildman–Crippen LogP) is 3.12. The second kappa shape index (κ2) is 5.97. The lowest BCUT2D eigenvalue weighted by atomic mass is 10.1. The van der Waals surface area contributed by atoms with E-state index in [0.717, 1.165) is 16.6 Å². The summed E-state index contributed by atoms with van der Waals surface area (Å²) in [4.78, 5) is 19.7. The molecule has 1 amide bonds. The Labute approximate surface area is 127 Å². The van der Waals surface area contributed by atoms with Crippen molar-refractivity contribution in [2.24, 2.45) is 0 Å². The minimum absolute atomic E-state index is 0.125. The van der Waals surface area contributed by atoms with Crippen molar-refractivity contribution in [3.05, 3.63) is 65.7 Å². The summed E-state index contributed by atoms with van der Waals surface area (Å²) < 4.78 is 12.8. The molecule has 22 heavy (non-hydrogen) atoms. The maximum Gasteiger partial charge on any atom is 0.224 e. The van der Waals surface area contributed by atoms with E-state index in [9.17, 15) is 9.18 Å². The van der Waals surface area contributed by atoms with Crippen LogP contribution in [0.4, 0.5) is 4.39 Å². The van der Waals surface area contributed by atoms with Crippen LogP contribution in [0.1, 0.15) is 24.4 Å². The van der Waals surface area contributed by atoms with Gasteiger partial charge in [-0.1, -0.05) is 24.3 Å². The van der Waals surface area contributed by atoms with Crippen LogP contribution in [0.15, 0.2) is 48.5 Å². The van der Waals surface area contributed by atoms with Crippen LogP contribution in [0.5, 0.6) is 0 Å². The van der Waals surface area contributed by atoms with E-state index in [4.69, 9.17) is 0 Å². The van der Waals surface area contributed by atoms with Crippen LogP contribution in [0, 0.1) is 5.82 Å². The Bertz CT molecular complexity index is 762. The summed E-state index contributed by atoms with van der Waals surface area (Å²) in [6, 6.07) is 13.4. The molecule has 0 aliphatic carbocycles. The average Bonchev–Trinajstić information content (AvgIpc) is 2.93. The second-order valence-electron chi connectivity index (χ2n) is 5.23. The fraction of sp³-hybridized carbons (Fsp3) is 0.176. The molecule has 112 valence electrons. The molecule has 1 unspecified atom stereocenters. The van der Waals surface area contributed by atoms with Gasteiger partial charge in [0.1, 0.15) is 11.6 Å². The number of H-pyrrole nitrogens is 1. The van der Waals surface area contributed by atoms with E-state index in [2.05, 4.69) is 15.3 Å². The van der Waals surface area contributed by atoms with E-state index in [1.54, 1.807) is 12.1 Å². The third-order valence-corrected chi connectivity index (χ3v) is 3.47. The van der Waals surface area contributed by atoms with Gasteiger partial charge in [0.25, 0.3) is 0 Å². The van der Waals surface area contributed by atoms with Crippen molar-refractivity contribution in [1.29, 1.82) is 0 Å². The highest BCUT2D eigenvalue weighted by Crippen LogP contribution is 2.15. The van der Waals surface area contributed by atoms with Crippen molar-refractivity contribution in [1.82, 2.24) is 15.3 Å². The molecule has 1 aromatic heterocycles. The molecule has 0 saturated carbocycles. The van der Waals surface area contributed by atoms with Crippen LogP contribution in [0.2, 0.25) is 0 Å². The number of nitrogens with one attached hydrogen (secondary N) is 2. The van der Waals surface area contributed by atoms with Gasteiger partial charge in [0.05, 0.1) is 23.5 Å². The Balaban J connectivity index is 1.66. The Kier molecular flexibility index (Phi) is 3.87. The van der Waals surface area contributed by atoms with Crippen LogP contribution < -0.4 is 5.32 Å². The number of carbonyl (C=O) groups is 1. The van der Waals surface area contributed by atoms with Crippen LogP contribution >= 0.6 is 0 Å². The first-order chi connectivity index (χ1) is 10.6. The molecule has 2 aromatic carbocycles. The summed E-state index contributed by atoms with van der Waals surface area (Å²) in [5.41, 5.74) is 2.59. The van der Waals surface area contributed by atoms with Crippen molar-refractivity contribution in [3.63, 3.8) is 0 Å². The molecule has 2 N–H and O–H groups in total. The standard InChI is InChI=1S/C17H16FN3O/c1-11(17-20-14-4-2-3-5-15(14)21-17)19-16(22)10-12-6-8-13(18)9-7-12/h2-9,11H,10H2,1H3,(H,19,22)(H,20,21). The van der Waals surface area contributed by atoms with E-state index in [1.807, 2.05) is 31.2 Å². The number of hydrogen-bond donors (Lipinski definition) is 2. The molecular formula is C17H16FN3O. The second-order valence-corrected chi connectivity index (χ2v) is 5.23. The lowest BCUT2D eigenvalue weighted by Crippen LogP contribution is -2.28. The quantitative estimate of drug-likeness (QED) is 0.777. The summed E-state index contributed by atoms with van der Waals surface area (Å²) in [5, 5.41) is 2.89. The van der Waals surface area contributed by atoms with E-state index in [0.29, 0.717) is 5.82 Å². The summed E-state index contributed by atoms with van der Waals surface area (Å²) in [5.74, 6) is 0.285. The molecule has 0 bridgehead atoms. The zero-order valence-electron chi connectivity index (χ0n) is 12.1. The SMILES string of the molecule is CC(NC(=O)Cc1ccc(F)cc1)c1nc2ccccc2[nH]1. The normalized spacial score (nSPS) is 12.3. The first kappa shape index (κ1) is 14.3. The lowest BCUT2D eigenvalue weighted by Gasteiger charge is -2.11. The first-order valence-corrected chi connectivity index (χ1v) is 7.10. The van der Waals surface area contributed by atoms with Crippen molar-refractivity contribution in [3.8, 4) is 0 Å². The fourth-order valence-corrected chi connectivity index (χ4v) is 2.33. The van der Waals surface area contributed by atoms with Gasteiger partial charge in [0.2, 0.25) is 5.91 Å². The molecule has 0 saturated heterocycles. The zero-order valence-corrected chi connectivity index (χ0v) is 12.1. The number of imidazole rings is 1. The third-order valence-electron chi connectivity index (χ3n) is 3.47. The third kappa shape index (κ3) is 3.14. The number of aromatic nitrogens is 2. The van der Waals surface area contributed by atoms with Gasteiger partial charge in [0, 0.05) is 0 Å². The first-order valence-electron chi connectivity index (χ1n) is 7.10. The minimum Gasteiger partial charge on any atom is -0.346 e. The van der Waals surface area contributed by atoms with Gasteiger partial charge in [-0.2, -0.15) is 0 Å². The van der Waals surface area contributed by atoms with Crippen molar-refractivity contribution < 1.29 is 9.18 Å². The topological polar surface area (TPSA) is 57.8 Å². The summed E-state index contributed by atoms with van der Waals surface area (Å²) >= 11 is 0. The highest BCUT2D eigenvalue weighted by molar-refractivity contribution is 5.79. The Hall–Kier alpha value is -2.69. The van der Waals surface area contributed by atoms with Crippen molar-refractivity contribution in [2.75, 3.05) is 0 Å². The monoisotopic (exact) mass is 297 g/mol. The summed E-state index contributed by atoms with van der Waals surface area (Å²) in [6.45, 7) is 1.88. The lowest BCUT2D eigenvalue weighted by molar-refractivity contribution is -0.121. The van der Waals surface area contributed by atoms with Gasteiger partial charge in [-0.3, -0.25) is 4.79 Å². The molecule has 0 spiro atoms. The summed E-state index contributed by atoms with van der Waals surface area (Å²) in [7, 11) is 0. The number of para-hydroxylation sites is 2. The van der Waals surface area contributed by atoms with E-state index in [1.165, 1.54) is 12.1 Å². The van der Waals surface area contributed by atoms with Crippen LogP contribution in [-0.4, -0.2) is 15.9 Å². The van der Waals surface area contributed by atoms with Crippen LogP contribution in [0.25, 0.3) is 11.0 Å². The number of carbonyl (C=O) groups excluding carboxylic acids is 1. The number of hydrogen-bond acceptors (Lipinski definition) is 2. The molecule has 0 aliphatic heterocycles. The van der Waals surface area contributed by atoms with Gasteiger partial charge in [0.15, 0.2) is 0 Å². The van der Waals surface area contributed by atoms with Crippen LogP contribution in [0.3, 0.4) is 0 Å². The minimum atomic E-state index is -0.306. The Morgan fingerprint density at radius 1 is 1.23 bits per heavy atom. The molecule has 1 atom stereocenters. The molecular weight excluding hydrogens is 281 g/mol. The molecule has 3 rings (SSSR count). The smallest absolute Gasteiger partial charge is 0.224 e. The van der Waals surface area contributed by atoms with Gasteiger partial charge < -0.3 is 10.3 Å². The molecule has 0 radical (unpaired) electrons. The molecule has 5 heteroatoms. The maximum atomic E-state index is 12.8. The fourth-order valence-electron chi connectivity index (χ4n) is 2.33. The number of halogens is 1. The number of fused-ring (bicyclic) bond motifs is 1. The van der Waals surface area contributed by atoms with Gasteiger partial charge in [-0.05, 0) is 36.8 Å². The van der Waals surface area contributed by atoms with Gasteiger partial charge in [-0.15, -0.1) is 0 Å². The van der Waals surface area contributed by atoms with Crippen LogP contribution in [-0.2, 0) is 11.2 Å². The summed E-state index contributed by atoms with van der Waals surface area (Å²) in [6.07, 6.45) is 0.213. The predicted molar refractivity (Wildman–Crippen MR) is 82.8 cm³/mol. The van der Waals surface area contributed by atoms with Crippen molar-refractivity contribution >= 4 is 16.9 Å². The average molecular weight is 297 g/mol. The van der Waals surface area contributed by atoms with Gasteiger partial charge >= 0.3 is 0 Å². The Morgan fingerprint density at radius 3 is 2.68 bits per heavy atom. The molecule has 0 aliphatic rings. The molecule has 1 heterocycles. The highest BCUT2D eigenvalue weighted by Gasteiger charge is 2.13. The molecule has 0 fully saturated rings. The van der Waals surface area contributed by atoms with E-state index >= 15 is 0 Å². The van der Waals surface area contributed by atoms with E-state index < -0.39 is 0 Å². The number of aromatic amines is 1. The zero-order chi connectivity index (χ0) is 15.5. The number of rotatable bonds is 4. The van der Waals surface area contributed by atoms with Crippen molar-refractivity contribution in [2.45, 2.75) is 19.4 Å². The Morgan fingerprint density at radius 2 is 1.95 bits per heavy atom. The largest absolute Gasteiger partial charge is 0.346 e. The number of amides is 1. The number of benzene rings is 2. The number of nitrogens with zero attached hydrogens (tertiary/aromatic N) is 1. The van der Waals surface area contributed by atoms with E-state index in [-0.39, 0.29) is 24.2 Å². The van der Waals surface area contributed by atoms with Gasteiger partial charge in [-0.25, -0.2) is 9.37 Å². The maximum absolute atomic E-state index is 12.8.